The molecule has 0 saturated heterocycles. The third kappa shape index (κ3) is 16.4. The van der Waals surface area contributed by atoms with Crippen LogP contribution in [-0.2, 0) is 0 Å². The van der Waals surface area contributed by atoms with Gasteiger partial charge >= 0.3 is 0 Å². The van der Waals surface area contributed by atoms with Crippen molar-refractivity contribution in [2.45, 2.75) is 62.3 Å². The zero-order chi connectivity index (χ0) is 18.7. The van der Waals surface area contributed by atoms with Gasteiger partial charge in [-0.15, -0.1) is 0 Å². The Kier molecular flexibility index (Phi) is 23.0. The number of hydrogen-bond donors (Lipinski definition) is 0. The van der Waals surface area contributed by atoms with Crippen molar-refractivity contribution in [2.24, 2.45) is 0 Å². The Hall–Kier alpha value is -1.76. The summed E-state index contributed by atoms with van der Waals surface area (Å²) in [5.74, 6) is 0.917. The molecule has 0 heterocycles. The second-order valence-electron chi connectivity index (χ2n) is 4.17. The fourth-order valence-electron chi connectivity index (χ4n) is 1.31. The van der Waals surface area contributed by atoms with Gasteiger partial charge in [-0.25, -0.2) is 0 Å². The molecule has 132 valence electrons. The van der Waals surface area contributed by atoms with E-state index < -0.39 is 0 Å². The number of rotatable bonds is 1. The minimum Gasteiger partial charge on any atom is -0.497 e. The lowest BCUT2D eigenvalue weighted by molar-refractivity contribution is 0.414. The number of benzene rings is 2. The summed E-state index contributed by atoms with van der Waals surface area (Å²) >= 11 is 0. The van der Waals surface area contributed by atoms with Crippen molar-refractivity contribution in [3.63, 3.8) is 0 Å². The summed E-state index contributed by atoms with van der Waals surface area (Å²) in [6, 6.07) is 16.4. The summed E-state index contributed by atoms with van der Waals surface area (Å²) in [6.45, 7) is 18.2. The molecule has 0 amide bonds. The van der Waals surface area contributed by atoms with Crippen molar-refractivity contribution in [3.8, 4) is 5.75 Å². The van der Waals surface area contributed by atoms with Crippen LogP contribution in [0.2, 0.25) is 0 Å². The van der Waals surface area contributed by atoms with Crippen molar-refractivity contribution in [1.82, 2.24) is 0 Å². The van der Waals surface area contributed by atoms with Gasteiger partial charge < -0.3 is 4.74 Å². The Morgan fingerprint density at radius 3 is 0.913 bits per heavy atom. The predicted octanol–water partition coefficient (Wildman–Crippen LogP) is 7.39. The molecular formula is C22H38O. The molecule has 2 rings (SSSR count). The first kappa shape index (κ1) is 26.2. The minimum atomic E-state index is 0.917. The fourth-order valence-corrected chi connectivity index (χ4v) is 1.31. The van der Waals surface area contributed by atoms with Crippen LogP contribution in [0.25, 0.3) is 0 Å². The topological polar surface area (TPSA) is 9.23 Å². The first-order valence-corrected chi connectivity index (χ1v) is 8.76. The van der Waals surface area contributed by atoms with Crippen LogP contribution in [0.4, 0.5) is 0 Å². The third-order valence-electron chi connectivity index (χ3n) is 2.47. The van der Waals surface area contributed by atoms with E-state index in [1.807, 2.05) is 65.8 Å². The smallest absolute Gasteiger partial charge is 0.118 e. The molecule has 2 aromatic rings. The van der Waals surface area contributed by atoms with E-state index >= 15 is 0 Å². The Labute approximate surface area is 145 Å². The molecule has 0 unspecified atom stereocenters. The highest BCUT2D eigenvalue weighted by Crippen LogP contribution is 2.09. The van der Waals surface area contributed by atoms with E-state index in [0.29, 0.717) is 0 Å². The van der Waals surface area contributed by atoms with Gasteiger partial charge in [0.2, 0.25) is 0 Å². The zero-order valence-corrected chi connectivity index (χ0v) is 17.0. The quantitative estimate of drug-likeness (QED) is 0.532. The van der Waals surface area contributed by atoms with Crippen LogP contribution in [0.3, 0.4) is 0 Å². The Bertz CT molecular complexity index is 406. The van der Waals surface area contributed by atoms with Gasteiger partial charge in [0.25, 0.3) is 0 Å². The highest BCUT2D eigenvalue weighted by molar-refractivity contribution is 5.25. The molecule has 0 bridgehead atoms. The second-order valence-corrected chi connectivity index (χ2v) is 4.17. The van der Waals surface area contributed by atoms with Crippen LogP contribution in [0.5, 0.6) is 5.75 Å². The van der Waals surface area contributed by atoms with Crippen molar-refractivity contribution in [1.29, 1.82) is 0 Å². The van der Waals surface area contributed by atoms with Gasteiger partial charge in [-0.3, -0.25) is 0 Å². The molecule has 23 heavy (non-hydrogen) atoms. The minimum absolute atomic E-state index is 0.917. The standard InChI is InChI=1S/C8H10O.C8H10.3C2H6/c1-7-3-5-8(9-2)6-4-7;1-7-3-5-8(2)6-4-7;3*1-2/h3-6H,1-2H3;3-6H,1-2H3;3*1-2H3. The van der Waals surface area contributed by atoms with Gasteiger partial charge in [0.1, 0.15) is 5.75 Å². The average molecular weight is 319 g/mol. The largest absolute Gasteiger partial charge is 0.497 e. The summed E-state index contributed by atoms with van der Waals surface area (Å²) < 4.78 is 4.97. The van der Waals surface area contributed by atoms with E-state index in [4.69, 9.17) is 4.74 Å². The first-order chi connectivity index (χ1) is 11.1. The summed E-state index contributed by atoms with van der Waals surface area (Å²) in [5.41, 5.74) is 3.92. The molecule has 0 aliphatic heterocycles. The van der Waals surface area contributed by atoms with Crippen LogP contribution in [0.15, 0.2) is 48.5 Å². The maximum absolute atomic E-state index is 4.97. The number of ether oxygens (including phenoxy) is 1. The van der Waals surface area contributed by atoms with Crippen molar-refractivity contribution in [2.75, 3.05) is 7.11 Å². The van der Waals surface area contributed by atoms with Crippen LogP contribution in [0.1, 0.15) is 58.2 Å². The Morgan fingerprint density at radius 2 is 0.696 bits per heavy atom. The number of aryl methyl sites for hydroxylation is 3. The van der Waals surface area contributed by atoms with Gasteiger partial charge in [-0.05, 0) is 32.9 Å². The lowest BCUT2D eigenvalue weighted by Gasteiger charge is -1.97. The van der Waals surface area contributed by atoms with E-state index in [9.17, 15) is 0 Å². The maximum Gasteiger partial charge on any atom is 0.118 e. The van der Waals surface area contributed by atoms with Crippen LogP contribution >= 0.6 is 0 Å². The molecule has 0 spiro atoms. The SMILES string of the molecule is CC.CC.CC.COc1ccc(C)cc1.Cc1ccc(C)cc1. The average Bonchev–Trinajstić information content (AvgIpc) is 2.64. The normalized spacial score (nSPS) is 7.57. The molecule has 1 nitrogen and oxygen atoms in total. The van der Waals surface area contributed by atoms with Crippen LogP contribution in [0, 0.1) is 20.8 Å². The van der Waals surface area contributed by atoms with Crippen molar-refractivity contribution >= 4 is 0 Å². The molecule has 0 saturated carbocycles. The monoisotopic (exact) mass is 318 g/mol. The number of methoxy groups -OCH3 is 1. The highest BCUT2D eigenvalue weighted by atomic mass is 16.5. The van der Waals surface area contributed by atoms with E-state index in [0.717, 1.165) is 5.75 Å². The maximum atomic E-state index is 4.97. The molecule has 0 aliphatic carbocycles. The fraction of sp³-hybridized carbons (Fsp3) is 0.455. The highest BCUT2D eigenvalue weighted by Gasteiger charge is 1.85. The second kappa shape index (κ2) is 20.2. The summed E-state index contributed by atoms with van der Waals surface area (Å²) in [6.07, 6.45) is 0. The zero-order valence-electron chi connectivity index (χ0n) is 17.0. The molecule has 0 fully saturated rings. The van der Waals surface area contributed by atoms with E-state index in [1.165, 1.54) is 16.7 Å². The van der Waals surface area contributed by atoms with Crippen molar-refractivity contribution < 1.29 is 4.74 Å². The predicted molar refractivity (Wildman–Crippen MR) is 108 cm³/mol. The Balaban J connectivity index is -0.000000264. The number of hydrogen-bond acceptors (Lipinski definition) is 1. The summed E-state index contributed by atoms with van der Waals surface area (Å²) in [5, 5.41) is 0. The molecule has 0 radical (unpaired) electrons. The van der Waals surface area contributed by atoms with Crippen LogP contribution in [-0.4, -0.2) is 7.11 Å². The van der Waals surface area contributed by atoms with Gasteiger partial charge in [0.05, 0.1) is 7.11 Å². The summed E-state index contributed by atoms with van der Waals surface area (Å²) in [7, 11) is 1.67. The summed E-state index contributed by atoms with van der Waals surface area (Å²) in [4.78, 5) is 0. The Morgan fingerprint density at radius 1 is 0.478 bits per heavy atom. The lowest BCUT2D eigenvalue weighted by atomic mass is 10.2. The molecule has 2 aromatic carbocycles. The van der Waals surface area contributed by atoms with E-state index in [1.54, 1.807) is 7.11 Å². The van der Waals surface area contributed by atoms with E-state index in [2.05, 4.69) is 45.0 Å². The first-order valence-electron chi connectivity index (χ1n) is 8.76. The molecule has 0 atom stereocenters. The van der Waals surface area contributed by atoms with Crippen molar-refractivity contribution in [3.05, 3.63) is 65.2 Å². The van der Waals surface area contributed by atoms with Gasteiger partial charge in [0, 0.05) is 0 Å². The van der Waals surface area contributed by atoms with Gasteiger partial charge in [-0.1, -0.05) is 94.6 Å². The molecule has 0 aromatic heterocycles. The molecular weight excluding hydrogens is 280 g/mol. The van der Waals surface area contributed by atoms with E-state index in [-0.39, 0.29) is 0 Å². The third-order valence-corrected chi connectivity index (χ3v) is 2.47. The molecule has 0 N–H and O–H groups in total. The molecule has 0 aliphatic rings. The molecule has 1 heteroatoms. The van der Waals surface area contributed by atoms with Crippen LogP contribution < -0.4 is 4.74 Å². The van der Waals surface area contributed by atoms with Gasteiger partial charge in [0.15, 0.2) is 0 Å². The lowest BCUT2D eigenvalue weighted by Crippen LogP contribution is -1.80. The van der Waals surface area contributed by atoms with Gasteiger partial charge in [-0.2, -0.15) is 0 Å².